The lowest BCUT2D eigenvalue weighted by atomic mass is 9.95. The Morgan fingerprint density at radius 2 is 1.83 bits per heavy atom. The molecule has 0 saturated carbocycles. The third-order valence-corrected chi connectivity index (χ3v) is 6.38. The molecule has 1 fully saturated rings. The van der Waals surface area contributed by atoms with E-state index in [1.807, 2.05) is 13.0 Å². The zero-order valence-corrected chi connectivity index (χ0v) is 20.7. The van der Waals surface area contributed by atoms with Crippen molar-refractivity contribution < 1.29 is 24.2 Å². The summed E-state index contributed by atoms with van der Waals surface area (Å²) in [5.74, 6) is -0.557. The monoisotopic (exact) mass is 493 g/mol. The molecule has 35 heavy (non-hydrogen) atoms. The minimum absolute atomic E-state index is 0.0160. The van der Waals surface area contributed by atoms with Gasteiger partial charge in [-0.3, -0.25) is 14.5 Å². The second kappa shape index (κ2) is 10.7. The quantitative estimate of drug-likeness (QED) is 0.193. The van der Waals surface area contributed by atoms with Crippen LogP contribution in [0.1, 0.15) is 48.9 Å². The second-order valence-electron chi connectivity index (χ2n) is 8.00. The minimum Gasteiger partial charge on any atom is -0.507 e. The smallest absolute Gasteiger partial charge is 0.301 e. The van der Waals surface area contributed by atoms with Crippen molar-refractivity contribution in [3.63, 3.8) is 0 Å². The SMILES string of the molecule is CCCCOc1cccc(C2/C(=C(\O)c3ccc(OCC)cc3)C(=O)C(=O)N2c2nnc(C)s2)c1. The van der Waals surface area contributed by atoms with Crippen molar-refractivity contribution in [2.24, 2.45) is 0 Å². The molecule has 1 amide bonds. The van der Waals surface area contributed by atoms with Gasteiger partial charge in [0.05, 0.1) is 24.8 Å². The number of hydrogen-bond acceptors (Lipinski definition) is 8. The predicted octanol–water partition coefficient (Wildman–Crippen LogP) is 5.05. The zero-order chi connectivity index (χ0) is 24.9. The number of ketones is 1. The summed E-state index contributed by atoms with van der Waals surface area (Å²) >= 11 is 1.21. The summed E-state index contributed by atoms with van der Waals surface area (Å²) < 4.78 is 11.3. The minimum atomic E-state index is -0.886. The normalized spacial score (nSPS) is 17.1. The van der Waals surface area contributed by atoms with Gasteiger partial charge in [0.1, 0.15) is 22.3 Å². The van der Waals surface area contributed by atoms with Crippen molar-refractivity contribution in [2.75, 3.05) is 18.1 Å². The Labute approximate surface area is 207 Å². The number of aliphatic hydroxyl groups excluding tert-OH is 1. The molecule has 1 aliphatic rings. The van der Waals surface area contributed by atoms with Gasteiger partial charge in [-0.1, -0.05) is 36.8 Å². The lowest BCUT2D eigenvalue weighted by molar-refractivity contribution is -0.132. The summed E-state index contributed by atoms with van der Waals surface area (Å²) in [6.45, 7) is 6.80. The van der Waals surface area contributed by atoms with Gasteiger partial charge in [-0.25, -0.2) is 0 Å². The number of carbonyl (C=O) groups excluding carboxylic acids is 2. The number of anilines is 1. The largest absolute Gasteiger partial charge is 0.507 e. The molecule has 1 aliphatic heterocycles. The summed E-state index contributed by atoms with van der Waals surface area (Å²) in [7, 11) is 0. The number of unbranched alkanes of at least 4 members (excludes halogenated alkanes) is 1. The maximum absolute atomic E-state index is 13.3. The molecule has 0 aliphatic carbocycles. The van der Waals surface area contributed by atoms with E-state index in [0.29, 0.717) is 40.8 Å². The maximum Gasteiger partial charge on any atom is 0.301 e. The van der Waals surface area contributed by atoms with Crippen LogP contribution in [0.2, 0.25) is 0 Å². The molecule has 1 unspecified atom stereocenters. The summed E-state index contributed by atoms with van der Waals surface area (Å²) in [6, 6.07) is 13.1. The molecular weight excluding hydrogens is 466 g/mol. The Kier molecular flexibility index (Phi) is 7.45. The van der Waals surface area contributed by atoms with Crippen molar-refractivity contribution >= 4 is 33.9 Å². The predicted molar refractivity (Wildman–Crippen MR) is 134 cm³/mol. The molecule has 1 saturated heterocycles. The summed E-state index contributed by atoms with van der Waals surface area (Å²) in [4.78, 5) is 27.8. The summed E-state index contributed by atoms with van der Waals surface area (Å²) in [5, 5.41) is 20.3. The zero-order valence-electron chi connectivity index (χ0n) is 19.9. The summed E-state index contributed by atoms with van der Waals surface area (Å²) in [6.07, 6.45) is 1.91. The van der Waals surface area contributed by atoms with E-state index in [9.17, 15) is 14.7 Å². The van der Waals surface area contributed by atoms with Gasteiger partial charge >= 0.3 is 5.91 Å². The van der Waals surface area contributed by atoms with Gasteiger partial charge in [0, 0.05) is 5.56 Å². The van der Waals surface area contributed by atoms with E-state index in [2.05, 4.69) is 17.1 Å². The number of ether oxygens (including phenoxy) is 2. The maximum atomic E-state index is 13.3. The fraction of sp³-hybridized carbons (Fsp3) is 0.308. The van der Waals surface area contributed by atoms with Crippen LogP contribution in [0.5, 0.6) is 11.5 Å². The van der Waals surface area contributed by atoms with Gasteiger partial charge in [-0.2, -0.15) is 0 Å². The molecular formula is C26H27N3O5S. The third kappa shape index (κ3) is 5.05. The lowest BCUT2D eigenvalue weighted by Gasteiger charge is -2.23. The highest BCUT2D eigenvalue weighted by Crippen LogP contribution is 2.43. The number of hydrogen-bond donors (Lipinski definition) is 1. The highest BCUT2D eigenvalue weighted by Gasteiger charge is 2.48. The molecule has 1 atom stereocenters. The van der Waals surface area contributed by atoms with Crippen LogP contribution in [0.3, 0.4) is 0 Å². The van der Waals surface area contributed by atoms with Crippen LogP contribution in [0, 0.1) is 6.92 Å². The Hall–Kier alpha value is -3.72. The van der Waals surface area contributed by atoms with Gasteiger partial charge in [-0.05, 0) is 62.2 Å². The second-order valence-corrected chi connectivity index (χ2v) is 9.16. The van der Waals surface area contributed by atoms with E-state index in [-0.39, 0.29) is 16.5 Å². The molecule has 9 heteroatoms. The molecule has 2 heterocycles. The molecule has 3 aromatic rings. The average Bonchev–Trinajstić information content (AvgIpc) is 3.40. The van der Waals surface area contributed by atoms with Crippen molar-refractivity contribution in [1.29, 1.82) is 0 Å². The third-order valence-electron chi connectivity index (χ3n) is 5.55. The number of aryl methyl sites for hydroxylation is 1. The molecule has 182 valence electrons. The number of carbonyl (C=O) groups is 2. The first-order chi connectivity index (χ1) is 16.9. The van der Waals surface area contributed by atoms with Gasteiger partial charge in [0.15, 0.2) is 0 Å². The lowest BCUT2D eigenvalue weighted by Crippen LogP contribution is -2.29. The van der Waals surface area contributed by atoms with E-state index >= 15 is 0 Å². The van der Waals surface area contributed by atoms with Crippen molar-refractivity contribution in [3.8, 4) is 11.5 Å². The number of amides is 1. The van der Waals surface area contributed by atoms with Gasteiger partial charge in [-0.15, -0.1) is 10.2 Å². The van der Waals surface area contributed by atoms with Crippen LogP contribution in [-0.2, 0) is 9.59 Å². The number of aliphatic hydroxyl groups is 1. The molecule has 4 rings (SSSR count). The Balaban J connectivity index is 1.82. The van der Waals surface area contributed by atoms with Crippen molar-refractivity contribution in [1.82, 2.24) is 10.2 Å². The van der Waals surface area contributed by atoms with E-state index in [0.717, 1.165) is 12.8 Å². The first-order valence-corrected chi connectivity index (χ1v) is 12.3. The average molecular weight is 494 g/mol. The van der Waals surface area contributed by atoms with Gasteiger partial charge < -0.3 is 14.6 Å². The number of nitrogens with zero attached hydrogens (tertiary/aromatic N) is 3. The number of aromatic nitrogens is 2. The number of Topliss-reactive ketones (excluding diaryl/α,β-unsaturated/α-hetero) is 1. The van der Waals surface area contributed by atoms with E-state index in [4.69, 9.17) is 9.47 Å². The van der Waals surface area contributed by atoms with Crippen LogP contribution in [0.15, 0.2) is 54.1 Å². The van der Waals surface area contributed by atoms with Gasteiger partial charge in [0.25, 0.3) is 5.78 Å². The van der Waals surface area contributed by atoms with Crippen molar-refractivity contribution in [3.05, 3.63) is 70.2 Å². The van der Waals surface area contributed by atoms with E-state index in [1.54, 1.807) is 49.4 Å². The molecule has 1 N–H and O–H groups in total. The molecule has 0 spiro atoms. The number of rotatable bonds is 9. The van der Waals surface area contributed by atoms with Crippen LogP contribution < -0.4 is 14.4 Å². The molecule has 0 radical (unpaired) electrons. The van der Waals surface area contributed by atoms with Crippen LogP contribution in [-0.4, -0.2) is 40.2 Å². The standard InChI is InChI=1S/C26H27N3O5S/c1-4-6-14-34-20-9-7-8-18(15-20)22-21(23(30)17-10-12-19(13-11-17)33-5-2)24(31)25(32)29(22)26-28-27-16(3)35-26/h7-13,15,22,30H,4-6,14H2,1-3H3/b23-21+. The topological polar surface area (TPSA) is 102 Å². The molecule has 8 nitrogen and oxygen atoms in total. The molecule has 1 aromatic heterocycles. The first-order valence-electron chi connectivity index (χ1n) is 11.5. The Bertz CT molecular complexity index is 1250. The van der Waals surface area contributed by atoms with Crippen LogP contribution >= 0.6 is 11.3 Å². The molecule has 2 aromatic carbocycles. The highest BCUT2D eigenvalue weighted by atomic mass is 32.1. The van der Waals surface area contributed by atoms with Crippen LogP contribution in [0.25, 0.3) is 5.76 Å². The first kappa shape index (κ1) is 24.4. The Morgan fingerprint density at radius 3 is 2.49 bits per heavy atom. The number of benzene rings is 2. The fourth-order valence-corrected chi connectivity index (χ4v) is 4.58. The van der Waals surface area contributed by atoms with E-state index in [1.165, 1.54) is 16.2 Å². The summed E-state index contributed by atoms with van der Waals surface area (Å²) in [5.41, 5.74) is 1.01. The highest BCUT2D eigenvalue weighted by molar-refractivity contribution is 7.15. The fourth-order valence-electron chi connectivity index (χ4n) is 3.87. The van der Waals surface area contributed by atoms with Crippen molar-refractivity contribution in [2.45, 2.75) is 39.7 Å². The van der Waals surface area contributed by atoms with Gasteiger partial charge in [0.2, 0.25) is 5.13 Å². The molecule has 0 bridgehead atoms. The van der Waals surface area contributed by atoms with E-state index < -0.39 is 17.7 Å². The Morgan fingerprint density at radius 1 is 1.06 bits per heavy atom. The van der Waals surface area contributed by atoms with Crippen LogP contribution in [0.4, 0.5) is 5.13 Å².